The number of hydrogen-bond donors (Lipinski definition) is 2. The number of nitrogens with zero attached hydrogens (tertiary/aromatic N) is 1. The zero-order chi connectivity index (χ0) is 12.0. The average Bonchev–Trinajstić information content (AvgIpc) is 2.90. The SMILES string of the molecule is Cc1nc2c(C3(CC(=O)O)CC3)cccc2[nH]1. The van der Waals surface area contributed by atoms with E-state index in [0.717, 1.165) is 35.3 Å². The Morgan fingerprint density at radius 1 is 1.53 bits per heavy atom. The summed E-state index contributed by atoms with van der Waals surface area (Å²) in [4.78, 5) is 18.6. The predicted molar refractivity (Wildman–Crippen MR) is 64.0 cm³/mol. The van der Waals surface area contributed by atoms with Gasteiger partial charge in [-0.1, -0.05) is 12.1 Å². The first-order chi connectivity index (χ1) is 8.11. The summed E-state index contributed by atoms with van der Waals surface area (Å²) in [5.74, 6) is 0.144. The molecule has 0 atom stereocenters. The highest BCUT2D eigenvalue weighted by Crippen LogP contribution is 2.52. The molecule has 1 aromatic heterocycles. The van der Waals surface area contributed by atoms with Gasteiger partial charge in [0.15, 0.2) is 0 Å². The van der Waals surface area contributed by atoms with Crippen LogP contribution < -0.4 is 0 Å². The number of fused-ring (bicyclic) bond motifs is 1. The fourth-order valence-electron chi connectivity index (χ4n) is 2.57. The summed E-state index contributed by atoms with van der Waals surface area (Å²) in [6.45, 7) is 1.92. The van der Waals surface area contributed by atoms with Crippen molar-refractivity contribution in [3.8, 4) is 0 Å². The van der Waals surface area contributed by atoms with E-state index >= 15 is 0 Å². The van der Waals surface area contributed by atoms with Crippen molar-refractivity contribution in [3.63, 3.8) is 0 Å². The molecule has 1 saturated carbocycles. The second kappa shape index (κ2) is 3.32. The molecule has 3 rings (SSSR count). The van der Waals surface area contributed by atoms with E-state index in [1.165, 1.54) is 0 Å². The first-order valence-corrected chi connectivity index (χ1v) is 5.78. The number of rotatable bonds is 3. The van der Waals surface area contributed by atoms with Crippen LogP contribution in [-0.4, -0.2) is 21.0 Å². The molecule has 1 aliphatic rings. The molecule has 0 unspecified atom stereocenters. The van der Waals surface area contributed by atoms with Gasteiger partial charge in [-0.2, -0.15) is 0 Å². The van der Waals surface area contributed by atoms with Gasteiger partial charge in [-0.15, -0.1) is 0 Å². The summed E-state index contributed by atoms with van der Waals surface area (Å²) in [5.41, 5.74) is 2.84. The van der Waals surface area contributed by atoms with Crippen LogP contribution in [0.5, 0.6) is 0 Å². The van der Waals surface area contributed by atoms with Gasteiger partial charge in [0.25, 0.3) is 0 Å². The van der Waals surface area contributed by atoms with Crippen LogP contribution in [0.25, 0.3) is 11.0 Å². The summed E-state index contributed by atoms with van der Waals surface area (Å²) >= 11 is 0. The van der Waals surface area contributed by atoms with Crippen molar-refractivity contribution >= 4 is 17.0 Å². The molecule has 1 fully saturated rings. The van der Waals surface area contributed by atoms with Crippen LogP contribution in [0.3, 0.4) is 0 Å². The van der Waals surface area contributed by atoms with Crippen LogP contribution in [-0.2, 0) is 10.2 Å². The Morgan fingerprint density at radius 2 is 2.29 bits per heavy atom. The highest BCUT2D eigenvalue weighted by molar-refractivity contribution is 5.82. The first-order valence-electron chi connectivity index (χ1n) is 5.78. The molecule has 1 aromatic carbocycles. The second-order valence-corrected chi connectivity index (χ2v) is 4.87. The number of H-pyrrole nitrogens is 1. The molecule has 0 bridgehead atoms. The number of para-hydroxylation sites is 1. The largest absolute Gasteiger partial charge is 0.481 e. The Balaban J connectivity index is 2.14. The molecule has 17 heavy (non-hydrogen) atoms. The monoisotopic (exact) mass is 230 g/mol. The summed E-state index contributed by atoms with van der Waals surface area (Å²) in [6, 6.07) is 5.96. The Kier molecular flexibility index (Phi) is 2.02. The number of aliphatic carboxylic acids is 1. The fourth-order valence-corrected chi connectivity index (χ4v) is 2.57. The van der Waals surface area contributed by atoms with Gasteiger partial charge in [-0.3, -0.25) is 4.79 Å². The van der Waals surface area contributed by atoms with Gasteiger partial charge in [0, 0.05) is 5.41 Å². The minimum absolute atomic E-state index is 0.174. The third-order valence-corrected chi connectivity index (χ3v) is 3.55. The normalized spacial score (nSPS) is 17.2. The Hall–Kier alpha value is -1.84. The molecule has 0 aliphatic heterocycles. The molecule has 2 N–H and O–H groups in total. The van der Waals surface area contributed by atoms with E-state index in [-0.39, 0.29) is 11.8 Å². The highest BCUT2D eigenvalue weighted by atomic mass is 16.4. The van der Waals surface area contributed by atoms with Crippen LogP contribution in [0.4, 0.5) is 0 Å². The molecular weight excluding hydrogens is 216 g/mol. The van der Waals surface area contributed by atoms with Gasteiger partial charge in [0.2, 0.25) is 0 Å². The number of nitrogens with one attached hydrogen (secondary N) is 1. The molecule has 0 radical (unpaired) electrons. The molecule has 4 heteroatoms. The lowest BCUT2D eigenvalue weighted by Crippen LogP contribution is -2.13. The molecule has 0 saturated heterocycles. The number of carboxylic acids is 1. The highest BCUT2D eigenvalue weighted by Gasteiger charge is 2.47. The first kappa shape index (κ1) is 10.3. The molecule has 4 nitrogen and oxygen atoms in total. The second-order valence-electron chi connectivity index (χ2n) is 4.87. The zero-order valence-electron chi connectivity index (χ0n) is 9.66. The lowest BCUT2D eigenvalue weighted by Gasteiger charge is -2.13. The summed E-state index contributed by atoms with van der Waals surface area (Å²) < 4.78 is 0. The lowest BCUT2D eigenvalue weighted by atomic mass is 9.91. The van der Waals surface area contributed by atoms with Gasteiger partial charge in [-0.05, 0) is 31.4 Å². The smallest absolute Gasteiger partial charge is 0.304 e. The van der Waals surface area contributed by atoms with E-state index in [2.05, 4.69) is 9.97 Å². The van der Waals surface area contributed by atoms with Crippen molar-refractivity contribution < 1.29 is 9.90 Å². The molecule has 2 aromatic rings. The number of aromatic amines is 1. The molecule has 0 amide bonds. The summed E-state index contributed by atoms with van der Waals surface area (Å²) in [6.07, 6.45) is 2.10. The summed E-state index contributed by atoms with van der Waals surface area (Å²) in [5, 5.41) is 9.00. The topological polar surface area (TPSA) is 66.0 Å². The van der Waals surface area contributed by atoms with E-state index in [1.54, 1.807) is 0 Å². The fraction of sp³-hybridized carbons (Fsp3) is 0.385. The van der Waals surface area contributed by atoms with E-state index < -0.39 is 5.97 Å². The van der Waals surface area contributed by atoms with Crippen molar-refractivity contribution in [2.75, 3.05) is 0 Å². The zero-order valence-corrected chi connectivity index (χ0v) is 9.66. The van der Waals surface area contributed by atoms with Crippen LogP contribution in [0.15, 0.2) is 18.2 Å². The minimum atomic E-state index is -0.730. The molecule has 1 aliphatic carbocycles. The number of hydrogen-bond acceptors (Lipinski definition) is 2. The predicted octanol–water partition coefficient (Wildman–Crippen LogP) is 2.38. The van der Waals surface area contributed by atoms with E-state index in [0.29, 0.717) is 0 Å². The Bertz CT molecular complexity index is 596. The number of benzene rings is 1. The van der Waals surface area contributed by atoms with E-state index in [1.807, 2.05) is 25.1 Å². The van der Waals surface area contributed by atoms with Crippen molar-refractivity contribution in [1.82, 2.24) is 9.97 Å². The number of aryl methyl sites for hydroxylation is 1. The molecule has 0 spiro atoms. The van der Waals surface area contributed by atoms with Crippen molar-refractivity contribution in [3.05, 3.63) is 29.6 Å². The molecule has 1 heterocycles. The maximum absolute atomic E-state index is 10.9. The third-order valence-electron chi connectivity index (χ3n) is 3.55. The van der Waals surface area contributed by atoms with Gasteiger partial charge in [0.05, 0.1) is 17.5 Å². The van der Waals surface area contributed by atoms with Gasteiger partial charge in [-0.25, -0.2) is 4.98 Å². The Labute approximate surface area is 98.7 Å². The number of aromatic nitrogens is 2. The van der Waals surface area contributed by atoms with Gasteiger partial charge in [0.1, 0.15) is 5.82 Å². The van der Waals surface area contributed by atoms with Crippen molar-refractivity contribution in [1.29, 1.82) is 0 Å². The number of carboxylic acid groups (broad SMARTS) is 1. The van der Waals surface area contributed by atoms with E-state index in [4.69, 9.17) is 5.11 Å². The number of carbonyl (C=O) groups is 1. The van der Waals surface area contributed by atoms with Crippen molar-refractivity contribution in [2.45, 2.75) is 31.6 Å². The average molecular weight is 230 g/mol. The van der Waals surface area contributed by atoms with Crippen LogP contribution in [0.2, 0.25) is 0 Å². The van der Waals surface area contributed by atoms with E-state index in [9.17, 15) is 4.79 Å². The Morgan fingerprint density at radius 3 is 2.94 bits per heavy atom. The number of imidazole rings is 1. The maximum Gasteiger partial charge on any atom is 0.304 e. The quantitative estimate of drug-likeness (QED) is 0.850. The van der Waals surface area contributed by atoms with Crippen LogP contribution >= 0.6 is 0 Å². The standard InChI is InChI=1S/C13H14N2O2/c1-8-14-10-4-2-3-9(12(10)15-8)13(5-6-13)7-11(16)17/h2-4H,5-7H2,1H3,(H,14,15)(H,16,17). The summed E-state index contributed by atoms with van der Waals surface area (Å²) in [7, 11) is 0. The lowest BCUT2D eigenvalue weighted by molar-refractivity contribution is -0.137. The molecule has 88 valence electrons. The van der Waals surface area contributed by atoms with Crippen LogP contribution in [0, 0.1) is 6.92 Å². The molecular formula is C13H14N2O2. The van der Waals surface area contributed by atoms with Gasteiger partial charge < -0.3 is 10.1 Å². The van der Waals surface area contributed by atoms with Crippen molar-refractivity contribution in [2.24, 2.45) is 0 Å². The maximum atomic E-state index is 10.9. The minimum Gasteiger partial charge on any atom is -0.481 e. The van der Waals surface area contributed by atoms with Gasteiger partial charge >= 0.3 is 5.97 Å². The third kappa shape index (κ3) is 1.60. The van der Waals surface area contributed by atoms with Crippen LogP contribution in [0.1, 0.15) is 30.7 Å².